The van der Waals surface area contributed by atoms with Crippen LogP contribution in [0.3, 0.4) is 0 Å². The normalized spacial score (nSPS) is 11.9. The Balaban J connectivity index is 1.64. The van der Waals surface area contributed by atoms with Crippen molar-refractivity contribution in [1.29, 1.82) is 0 Å². The van der Waals surface area contributed by atoms with Gasteiger partial charge in [-0.25, -0.2) is 0 Å². The molecule has 3 aromatic carbocycles. The van der Waals surface area contributed by atoms with E-state index in [4.69, 9.17) is 16.3 Å². The summed E-state index contributed by atoms with van der Waals surface area (Å²) in [6, 6.07) is 21.2. The first-order valence-corrected chi connectivity index (χ1v) is 8.18. The number of ether oxygens (including phenoxy) is 1. The lowest BCUT2D eigenvalue weighted by molar-refractivity contribution is -0.127. The topological polar surface area (TPSA) is 38.3 Å². The molecule has 0 heterocycles. The highest BCUT2D eigenvalue weighted by atomic mass is 35.5. The van der Waals surface area contributed by atoms with Crippen molar-refractivity contribution in [2.24, 2.45) is 0 Å². The van der Waals surface area contributed by atoms with Crippen molar-refractivity contribution < 1.29 is 9.53 Å². The maximum atomic E-state index is 12.3. The molecular weight excluding hydrogens is 322 g/mol. The Morgan fingerprint density at radius 1 is 1.04 bits per heavy atom. The second-order valence-corrected chi connectivity index (χ2v) is 6.02. The zero-order valence-corrected chi connectivity index (χ0v) is 14.1. The fourth-order valence-corrected chi connectivity index (χ4v) is 2.60. The molecule has 0 bridgehead atoms. The summed E-state index contributed by atoms with van der Waals surface area (Å²) in [5.41, 5.74) is 0.991. The van der Waals surface area contributed by atoms with Crippen molar-refractivity contribution in [3.8, 4) is 5.75 Å². The standard InChI is InChI=1S/C20H18ClNO2/c1-14(20(23)22-13-15-9-11-17(21)12-10-15)24-19-8-4-6-16-5-2-3-7-18(16)19/h2-12,14H,13H2,1H3,(H,22,23). The summed E-state index contributed by atoms with van der Waals surface area (Å²) in [7, 11) is 0. The Morgan fingerprint density at radius 3 is 2.54 bits per heavy atom. The first kappa shape index (κ1) is 16.3. The molecule has 0 aliphatic heterocycles. The highest BCUT2D eigenvalue weighted by Crippen LogP contribution is 2.26. The van der Waals surface area contributed by atoms with Gasteiger partial charge in [-0.3, -0.25) is 4.79 Å². The highest BCUT2D eigenvalue weighted by Gasteiger charge is 2.15. The van der Waals surface area contributed by atoms with Crippen molar-refractivity contribution in [2.45, 2.75) is 19.6 Å². The second kappa shape index (κ2) is 7.37. The predicted octanol–water partition coefficient (Wildman–Crippen LogP) is 4.58. The summed E-state index contributed by atoms with van der Waals surface area (Å²) < 4.78 is 5.86. The van der Waals surface area contributed by atoms with E-state index in [2.05, 4.69) is 5.32 Å². The molecule has 3 aromatic rings. The fraction of sp³-hybridized carbons (Fsp3) is 0.150. The number of hydrogen-bond donors (Lipinski definition) is 1. The van der Waals surface area contributed by atoms with Gasteiger partial charge in [0.05, 0.1) is 0 Å². The van der Waals surface area contributed by atoms with E-state index in [1.807, 2.05) is 54.6 Å². The van der Waals surface area contributed by atoms with Crippen molar-refractivity contribution in [2.75, 3.05) is 0 Å². The lowest BCUT2D eigenvalue weighted by atomic mass is 10.1. The number of fused-ring (bicyclic) bond motifs is 1. The molecule has 1 unspecified atom stereocenters. The van der Waals surface area contributed by atoms with Gasteiger partial charge in [0.15, 0.2) is 6.10 Å². The van der Waals surface area contributed by atoms with Gasteiger partial charge in [0.2, 0.25) is 0 Å². The monoisotopic (exact) mass is 339 g/mol. The van der Waals surface area contributed by atoms with Crippen LogP contribution < -0.4 is 10.1 Å². The van der Waals surface area contributed by atoms with Crippen molar-refractivity contribution >= 4 is 28.3 Å². The molecule has 0 aliphatic rings. The van der Waals surface area contributed by atoms with Crippen LogP contribution in [0, 0.1) is 0 Å². The largest absolute Gasteiger partial charge is 0.480 e. The first-order chi connectivity index (χ1) is 11.6. The van der Waals surface area contributed by atoms with Crippen LogP contribution in [-0.4, -0.2) is 12.0 Å². The van der Waals surface area contributed by atoms with Gasteiger partial charge in [-0.1, -0.05) is 60.1 Å². The lowest BCUT2D eigenvalue weighted by Crippen LogP contribution is -2.35. The van der Waals surface area contributed by atoms with Crippen LogP contribution in [0.1, 0.15) is 12.5 Å². The maximum absolute atomic E-state index is 12.3. The summed E-state index contributed by atoms with van der Waals surface area (Å²) in [5.74, 6) is 0.556. The number of carbonyl (C=O) groups excluding carboxylic acids is 1. The minimum Gasteiger partial charge on any atom is -0.480 e. The van der Waals surface area contributed by atoms with Crippen LogP contribution >= 0.6 is 11.6 Å². The number of halogens is 1. The smallest absolute Gasteiger partial charge is 0.261 e. The molecule has 1 N–H and O–H groups in total. The molecule has 0 saturated heterocycles. The van der Waals surface area contributed by atoms with Gasteiger partial charge in [-0.15, -0.1) is 0 Å². The number of benzene rings is 3. The van der Waals surface area contributed by atoms with Gasteiger partial charge in [-0.05, 0) is 36.1 Å². The Bertz CT molecular complexity index is 840. The van der Waals surface area contributed by atoms with Crippen LogP contribution in [0.2, 0.25) is 5.02 Å². The van der Waals surface area contributed by atoms with Crippen LogP contribution in [-0.2, 0) is 11.3 Å². The van der Waals surface area contributed by atoms with E-state index in [-0.39, 0.29) is 5.91 Å². The molecule has 0 spiro atoms. The average Bonchev–Trinajstić information content (AvgIpc) is 2.61. The Kier molecular flexibility index (Phi) is 5.02. The summed E-state index contributed by atoms with van der Waals surface area (Å²) in [6.07, 6.45) is -0.580. The molecule has 122 valence electrons. The van der Waals surface area contributed by atoms with Gasteiger partial charge >= 0.3 is 0 Å². The number of nitrogens with one attached hydrogen (secondary N) is 1. The molecule has 0 aromatic heterocycles. The zero-order chi connectivity index (χ0) is 16.9. The van der Waals surface area contributed by atoms with Crippen molar-refractivity contribution in [3.63, 3.8) is 0 Å². The van der Waals surface area contributed by atoms with Crippen LogP contribution in [0.5, 0.6) is 5.75 Å². The van der Waals surface area contributed by atoms with Gasteiger partial charge in [0, 0.05) is 17.0 Å². The van der Waals surface area contributed by atoms with Crippen LogP contribution in [0.25, 0.3) is 10.8 Å². The molecule has 24 heavy (non-hydrogen) atoms. The van der Waals surface area contributed by atoms with E-state index < -0.39 is 6.10 Å². The third kappa shape index (κ3) is 3.87. The molecule has 1 amide bonds. The van der Waals surface area contributed by atoms with E-state index in [0.717, 1.165) is 16.3 Å². The van der Waals surface area contributed by atoms with Gasteiger partial charge in [-0.2, -0.15) is 0 Å². The van der Waals surface area contributed by atoms with Gasteiger partial charge < -0.3 is 10.1 Å². The highest BCUT2D eigenvalue weighted by molar-refractivity contribution is 6.30. The molecular formula is C20H18ClNO2. The average molecular weight is 340 g/mol. The molecule has 3 rings (SSSR count). The van der Waals surface area contributed by atoms with Gasteiger partial charge in [0.25, 0.3) is 5.91 Å². The summed E-state index contributed by atoms with van der Waals surface area (Å²) in [6.45, 7) is 2.19. The summed E-state index contributed by atoms with van der Waals surface area (Å²) in [5, 5.41) is 5.64. The minimum atomic E-state index is -0.580. The van der Waals surface area contributed by atoms with E-state index >= 15 is 0 Å². The number of amides is 1. The fourth-order valence-electron chi connectivity index (χ4n) is 2.48. The van der Waals surface area contributed by atoms with Crippen LogP contribution in [0.4, 0.5) is 0 Å². The molecule has 1 atom stereocenters. The van der Waals surface area contributed by atoms with E-state index in [1.54, 1.807) is 19.1 Å². The molecule has 3 nitrogen and oxygen atoms in total. The third-order valence-electron chi connectivity index (χ3n) is 3.80. The predicted molar refractivity (Wildman–Crippen MR) is 97.3 cm³/mol. The molecule has 0 saturated carbocycles. The van der Waals surface area contributed by atoms with Crippen molar-refractivity contribution in [1.82, 2.24) is 5.32 Å². The number of carbonyl (C=O) groups is 1. The number of hydrogen-bond acceptors (Lipinski definition) is 2. The van der Waals surface area contributed by atoms with Crippen molar-refractivity contribution in [3.05, 3.63) is 77.3 Å². The second-order valence-electron chi connectivity index (χ2n) is 5.58. The number of rotatable bonds is 5. The third-order valence-corrected chi connectivity index (χ3v) is 4.05. The summed E-state index contributed by atoms with van der Waals surface area (Å²) >= 11 is 5.86. The molecule has 0 fully saturated rings. The Morgan fingerprint density at radius 2 is 1.75 bits per heavy atom. The molecule has 0 aliphatic carbocycles. The quantitative estimate of drug-likeness (QED) is 0.739. The zero-order valence-electron chi connectivity index (χ0n) is 13.3. The van der Waals surface area contributed by atoms with Crippen LogP contribution in [0.15, 0.2) is 66.7 Å². The van der Waals surface area contributed by atoms with E-state index in [0.29, 0.717) is 17.3 Å². The molecule has 4 heteroatoms. The lowest BCUT2D eigenvalue weighted by Gasteiger charge is -2.16. The van der Waals surface area contributed by atoms with E-state index in [9.17, 15) is 4.79 Å². The SMILES string of the molecule is CC(Oc1cccc2ccccc12)C(=O)NCc1ccc(Cl)cc1. The minimum absolute atomic E-state index is 0.155. The Labute approximate surface area is 146 Å². The molecule has 0 radical (unpaired) electrons. The Hall–Kier alpha value is -2.52. The summed E-state index contributed by atoms with van der Waals surface area (Å²) in [4.78, 5) is 12.3. The first-order valence-electron chi connectivity index (χ1n) is 7.80. The van der Waals surface area contributed by atoms with E-state index in [1.165, 1.54) is 0 Å². The maximum Gasteiger partial charge on any atom is 0.261 e. The van der Waals surface area contributed by atoms with Gasteiger partial charge in [0.1, 0.15) is 5.75 Å².